The topological polar surface area (TPSA) is 50.6 Å². The number of aromatic nitrogens is 2. The molecule has 6 nitrogen and oxygen atoms in total. The molecule has 0 bridgehead atoms. The zero-order valence-corrected chi connectivity index (χ0v) is 23.3. The molecule has 0 saturated carbocycles. The summed E-state index contributed by atoms with van der Waals surface area (Å²) in [6, 6.07) is 18.1. The van der Waals surface area contributed by atoms with Gasteiger partial charge in [0.25, 0.3) is 5.56 Å². The molecule has 1 saturated heterocycles. The lowest BCUT2D eigenvalue weighted by Crippen LogP contribution is -2.45. The van der Waals surface area contributed by atoms with Crippen LogP contribution in [0, 0.1) is 0 Å². The number of pyridine rings is 2. The molecular weight excluding hydrogens is 528 g/mol. The van der Waals surface area contributed by atoms with Crippen molar-refractivity contribution in [1.82, 2.24) is 19.4 Å². The molecule has 200 valence electrons. The molecule has 1 fully saturated rings. The van der Waals surface area contributed by atoms with E-state index in [1.165, 1.54) is 27.6 Å². The van der Waals surface area contributed by atoms with E-state index in [-0.39, 0.29) is 12.2 Å². The summed E-state index contributed by atoms with van der Waals surface area (Å²) >= 11 is 7.73. The predicted octanol–water partition coefficient (Wildman–Crippen LogP) is 5.80. The number of allylic oxidation sites excluding steroid dienone is 1. The van der Waals surface area contributed by atoms with Crippen LogP contribution < -0.4 is 10.3 Å². The van der Waals surface area contributed by atoms with Crippen molar-refractivity contribution in [2.24, 2.45) is 0 Å². The van der Waals surface area contributed by atoms with E-state index < -0.39 is 0 Å². The van der Waals surface area contributed by atoms with Crippen LogP contribution in [0.15, 0.2) is 77.2 Å². The molecule has 1 aliphatic heterocycles. The van der Waals surface area contributed by atoms with Gasteiger partial charge in [0.1, 0.15) is 12.4 Å². The number of aryl methyl sites for hydroxylation is 1. The van der Waals surface area contributed by atoms with Crippen molar-refractivity contribution >= 4 is 34.7 Å². The van der Waals surface area contributed by atoms with Crippen molar-refractivity contribution in [1.29, 1.82) is 0 Å². The Labute approximate surface area is 237 Å². The van der Waals surface area contributed by atoms with E-state index in [4.69, 9.17) is 16.3 Å². The Morgan fingerprint density at radius 3 is 2.54 bits per heavy atom. The Morgan fingerprint density at radius 2 is 1.79 bits per heavy atom. The van der Waals surface area contributed by atoms with Crippen molar-refractivity contribution in [3.05, 3.63) is 115 Å². The number of thiophene rings is 1. The van der Waals surface area contributed by atoms with Gasteiger partial charge in [-0.05, 0) is 65.3 Å². The lowest BCUT2D eigenvalue weighted by molar-refractivity contribution is 0.123. The van der Waals surface area contributed by atoms with Crippen molar-refractivity contribution in [3.8, 4) is 5.75 Å². The summed E-state index contributed by atoms with van der Waals surface area (Å²) in [6.07, 6.45) is 7.29. The lowest BCUT2D eigenvalue weighted by Gasteiger charge is -2.34. The maximum Gasteiger partial charge on any atom is 0.258 e. The third-order valence-corrected chi connectivity index (χ3v) is 8.47. The average Bonchev–Trinajstić information content (AvgIpc) is 3.47. The monoisotopic (exact) mass is 558 g/mol. The van der Waals surface area contributed by atoms with Crippen LogP contribution >= 0.6 is 22.9 Å². The van der Waals surface area contributed by atoms with Crippen molar-refractivity contribution in [3.63, 3.8) is 0 Å². The Bertz CT molecular complexity index is 1510. The third-order valence-electron chi connectivity index (χ3n) is 7.39. The quantitative estimate of drug-likeness (QED) is 0.274. The highest BCUT2D eigenvalue weighted by Gasteiger charge is 2.19. The van der Waals surface area contributed by atoms with Gasteiger partial charge in [0, 0.05) is 68.3 Å². The summed E-state index contributed by atoms with van der Waals surface area (Å²) in [5.74, 6) is 0.529. The van der Waals surface area contributed by atoms with Crippen LogP contribution in [0.25, 0.3) is 11.8 Å². The van der Waals surface area contributed by atoms with E-state index in [9.17, 15) is 4.79 Å². The van der Waals surface area contributed by atoms with E-state index in [0.717, 1.165) is 63.5 Å². The largest absolute Gasteiger partial charge is 0.487 e. The summed E-state index contributed by atoms with van der Waals surface area (Å²) in [4.78, 5) is 23.7. The number of hydrogen-bond donors (Lipinski definition) is 0. The molecule has 3 aromatic heterocycles. The van der Waals surface area contributed by atoms with Crippen molar-refractivity contribution in [2.45, 2.75) is 32.5 Å². The molecular formula is C31H31ClN4O2S. The molecule has 0 radical (unpaired) electrons. The van der Waals surface area contributed by atoms with Gasteiger partial charge in [0.2, 0.25) is 0 Å². The van der Waals surface area contributed by atoms with Gasteiger partial charge in [-0.25, -0.2) is 0 Å². The Morgan fingerprint density at radius 1 is 0.949 bits per heavy atom. The molecule has 39 heavy (non-hydrogen) atoms. The summed E-state index contributed by atoms with van der Waals surface area (Å²) in [5.41, 5.74) is 5.59. The number of hydrogen-bond acceptors (Lipinski definition) is 6. The number of fused-ring (bicyclic) bond motifs is 1. The van der Waals surface area contributed by atoms with Crippen LogP contribution in [0.1, 0.15) is 33.7 Å². The number of ether oxygens (including phenoxy) is 1. The molecule has 8 heteroatoms. The highest BCUT2D eigenvalue weighted by Crippen LogP contribution is 2.28. The summed E-state index contributed by atoms with van der Waals surface area (Å²) in [6.45, 7) is 6.78. The van der Waals surface area contributed by atoms with Crippen LogP contribution in [-0.2, 0) is 26.1 Å². The van der Waals surface area contributed by atoms with Gasteiger partial charge in [-0.3, -0.25) is 24.1 Å². The van der Waals surface area contributed by atoms with Crippen molar-refractivity contribution < 1.29 is 4.74 Å². The van der Waals surface area contributed by atoms with Gasteiger partial charge in [-0.1, -0.05) is 35.9 Å². The lowest BCUT2D eigenvalue weighted by atomic mass is 9.93. The molecule has 0 atom stereocenters. The minimum absolute atomic E-state index is 0.0962. The van der Waals surface area contributed by atoms with Gasteiger partial charge in [-0.15, -0.1) is 11.3 Å². The van der Waals surface area contributed by atoms with E-state index in [1.807, 2.05) is 23.5 Å². The van der Waals surface area contributed by atoms with E-state index in [0.29, 0.717) is 10.8 Å². The van der Waals surface area contributed by atoms with Gasteiger partial charge in [-0.2, -0.15) is 0 Å². The second kappa shape index (κ2) is 11.9. The molecule has 6 rings (SSSR count). The minimum Gasteiger partial charge on any atom is -0.487 e. The first kappa shape index (κ1) is 26.0. The van der Waals surface area contributed by atoms with Gasteiger partial charge in [0.05, 0.1) is 10.7 Å². The fourth-order valence-corrected chi connectivity index (χ4v) is 6.10. The number of nitrogens with zero attached hydrogens (tertiary/aromatic N) is 4. The second-order valence-electron chi connectivity index (χ2n) is 10.1. The number of halogens is 1. The smallest absolute Gasteiger partial charge is 0.258 e. The normalized spacial score (nSPS) is 16.1. The zero-order valence-electron chi connectivity index (χ0n) is 21.8. The molecule has 2 aliphatic rings. The summed E-state index contributed by atoms with van der Waals surface area (Å²) < 4.78 is 7.49. The highest BCUT2D eigenvalue weighted by atomic mass is 35.5. The molecule has 0 unspecified atom stereocenters. The molecule has 0 amide bonds. The van der Waals surface area contributed by atoms with E-state index >= 15 is 0 Å². The first-order chi connectivity index (χ1) is 19.1. The molecule has 0 spiro atoms. The molecule has 4 aromatic rings. The standard InChI is InChI=1S/C31H31ClN4O2S/c32-26-6-7-27(33-19-26)22-38-29-9-10-36(31(37)18-29)28-8-5-24-16-23(3-4-25(24)17-28)20-34-11-13-35(14-12-34)21-30-2-1-15-39-30/h1-4,6-7,9-10,15-19H,5,8,11-14,20-22H2. The molecule has 1 aliphatic carbocycles. The Balaban J connectivity index is 1.06. The van der Waals surface area contributed by atoms with Crippen LogP contribution in [0.2, 0.25) is 5.02 Å². The summed E-state index contributed by atoms with van der Waals surface area (Å²) in [7, 11) is 0. The Hall–Kier alpha value is -3.23. The van der Waals surface area contributed by atoms with Gasteiger partial charge >= 0.3 is 0 Å². The van der Waals surface area contributed by atoms with Crippen LogP contribution in [0.5, 0.6) is 5.75 Å². The molecule has 4 heterocycles. The maximum atomic E-state index is 12.9. The first-order valence-electron chi connectivity index (χ1n) is 13.3. The van der Waals surface area contributed by atoms with Crippen LogP contribution in [0.3, 0.4) is 0 Å². The third kappa shape index (κ3) is 6.50. The molecule has 0 N–H and O–H groups in total. The van der Waals surface area contributed by atoms with E-state index in [2.05, 4.69) is 56.6 Å². The number of piperazine rings is 1. The Kier molecular flexibility index (Phi) is 7.93. The maximum absolute atomic E-state index is 12.9. The fraction of sp³-hybridized carbons (Fsp3) is 0.290. The van der Waals surface area contributed by atoms with E-state index in [1.54, 1.807) is 23.0 Å². The SMILES string of the molecule is O=c1cc(OCc2ccc(Cl)cn2)ccn1C1=Cc2ccc(CN3CCN(Cc4cccs4)CC3)cc2CC1. The highest BCUT2D eigenvalue weighted by molar-refractivity contribution is 7.09. The average molecular weight is 559 g/mol. The predicted molar refractivity (Wildman–Crippen MR) is 158 cm³/mol. The first-order valence-corrected chi connectivity index (χ1v) is 14.6. The van der Waals surface area contributed by atoms with Crippen molar-refractivity contribution in [2.75, 3.05) is 26.2 Å². The molecule has 1 aromatic carbocycles. The number of rotatable bonds is 8. The van der Waals surface area contributed by atoms with Crippen LogP contribution in [-0.4, -0.2) is 45.5 Å². The second-order valence-corrected chi connectivity index (χ2v) is 11.6. The van der Waals surface area contributed by atoms with Gasteiger partial charge < -0.3 is 4.74 Å². The van der Waals surface area contributed by atoms with Gasteiger partial charge in [0.15, 0.2) is 0 Å². The van der Waals surface area contributed by atoms with Crippen LogP contribution in [0.4, 0.5) is 0 Å². The minimum atomic E-state index is -0.0962. The summed E-state index contributed by atoms with van der Waals surface area (Å²) in [5, 5.41) is 2.74. The zero-order chi connectivity index (χ0) is 26.6. The number of benzene rings is 1. The fourth-order valence-electron chi connectivity index (χ4n) is 5.24.